The van der Waals surface area contributed by atoms with Gasteiger partial charge in [-0.2, -0.15) is 0 Å². The number of aromatic hydroxyl groups is 1. The number of aromatic amines is 1. The molecule has 0 spiro atoms. The van der Waals surface area contributed by atoms with Crippen LogP contribution in [-0.4, -0.2) is 41.7 Å². The monoisotopic (exact) mass is 461 g/mol. The van der Waals surface area contributed by atoms with Crippen molar-refractivity contribution in [3.63, 3.8) is 0 Å². The molecule has 0 radical (unpaired) electrons. The first-order chi connectivity index (χ1) is 16.3. The number of nitrogens with zero attached hydrogens (tertiary/aromatic N) is 1. The number of hydrogen-bond donors (Lipinski definition) is 1. The summed E-state index contributed by atoms with van der Waals surface area (Å²) in [6, 6.07) is 12.3. The number of H-pyrrole nitrogens is 1. The number of methoxy groups -OCH3 is 2. The molecule has 0 bridgehead atoms. The van der Waals surface area contributed by atoms with Gasteiger partial charge in [0.15, 0.2) is 29.7 Å². The molecule has 1 aliphatic rings. The van der Waals surface area contributed by atoms with E-state index in [0.717, 1.165) is 5.56 Å². The van der Waals surface area contributed by atoms with Crippen LogP contribution in [0.4, 0.5) is 0 Å². The number of Topliss-reactive ketones (excluding diaryl/α,β-unsaturated/α-hetero) is 2. The maximum atomic E-state index is 13.7. The van der Waals surface area contributed by atoms with Crippen LogP contribution < -0.4 is 14.5 Å². The number of ether oxygens (including phenoxy) is 2. The lowest BCUT2D eigenvalue weighted by molar-refractivity contribution is -0.378. The van der Waals surface area contributed by atoms with Gasteiger partial charge in [0.1, 0.15) is 11.7 Å². The summed E-state index contributed by atoms with van der Waals surface area (Å²) < 4.78 is 10.5. The number of phenolic OH excluding ortho intramolecular Hbond substituents is 1. The summed E-state index contributed by atoms with van der Waals surface area (Å²) >= 11 is 0. The highest BCUT2D eigenvalue weighted by atomic mass is 16.5. The molecule has 0 saturated carbocycles. The van der Waals surface area contributed by atoms with E-state index in [-0.39, 0.29) is 18.0 Å². The van der Waals surface area contributed by atoms with Gasteiger partial charge in [-0.05, 0) is 54.4 Å². The number of benzene rings is 2. The number of aromatic nitrogens is 1. The number of ketones is 2. The summed E-state index contributed by atoms with van der Waals surface area (Å²) in [5.74, 6) is -2.50. The normalized spacial score (nSPS) is 17.7. The fourth-order valence-corrected chi connectivity index (χ4v) is 4.34. The smallest absolute Gasteiger partial charge is 0.291 e. The highest BCUT2D eigenvalue weighted by Crippen LogP contribution is 2.42. The zero-order chi connectivity index (χ0) is 24.4. The molecule has 1 aromatic heterocycles. The van der Waals surface area contributed by atoms with Gasteiger partial charge in [-0.1, -0.05) is 6.07 Å². The Balaban J connectivity index is 1.82. The van der Waals surface area contributed by atoms with Crippen molar-refractivity contribution in [1.29, 1.82) is 0 Å². The highest BCUT2D eigenvalue weighted by Gasteiger charge is 2.52. The van der Waals surface area contributed by atoms with Crippen LogP contribution in [-0.2, 0) is 16.1 Å². The Morgan fingerprint density at radius 2 is 1.88 bits per heavy atom. The van der Waals surface area contributed by atoms with Gasteiger partial charge in [0.2, 0.25) is 5.78 Å². The number of amides is 1. The van der Waals surface area contributed by atoms with Crippen LogP contribution in [0, 0.1) is 12.8 Å². The number of likely N-dealkylation sites (tertiary alicyclic amines) is 1. The summed E-state index contributed by atoms with van der Waals surface area (Å²) in [5, 5.41) is 10.1. The lowest BCUT2D eigenvalue weighted by atomic mass is 9.85. The van der Waals surface area contributed by atoms with Crippen molar-refractivity contribution in [3.05, 3.63) is 83.2 Å². The first-order valence-corrected chi connectivity index (χ1v) is 10.7. The van der Waals surface area contributed by atoms with E-state index in [1.54, 1.807) is 55.7 Å². The largest absolute Gasteiger partial charge is 0.504 e. The van der Waals surface area contributed by atoms with Gasteiger partial charge in [0.05, 0.1) is 26.8 Å². The number of hydrogen-bond acceptors (Lipinski definition) is 6. The molecule has 2 atom stereocenters. The second-order valence-corrected chi connectivity index (χ2v) is 8.11. The van der Waals surface area contributed by atoms with Crippen molar-refractivity contribution in [2.24, 2.45) is 5.92 Å². The molecule has 34 heavy (non-hydrogen) atoms. The molecule has 1 saturated heterocycles. The standard InChI is InChI=1S/C26H24N2O6/c1-15-11-18(33-2)7-8-19(15)24(30)22-23(17-6-9-20(29)21(12-17)34-3)28(26(32)25(22)31)14-16-5-4-10-27-13-16/h4-13,22-23,29H,14H2,1-3H3/p+1. The average Bonchev–Trinajstić information content (AvgIpc) is 3.09. The van der Waals surface area contributed by atoms with Gasteiger partial charge in [0, 0.05) is 17.2 Å². The summed E-state index contributed by atoms with van der Waals surface area (Å²) in [5.41, 5.74) is 2.27. The van der Waals surface area contributed by atoms with E-state index in [4.69, 9.17) is 9.47 Å². The van der Waals surface area contributed by atoms with Gasteiger partial charge in [0.25, 0.3) is 5.91 Å². The lowest BCUT2D eigenvalue weighted by Crippen LogP contribution is -2.30. The number of nitrogens with one attached hydrogen (secondary N) is 1. The maximum Gasteiger partial charge on any atom is 0.291 e. The average molecular weight is 461 g/mol. The van der Waals surface area contributed by atoms with Gasteiger partial charge in [-0.15, -0.1) is 0 Å². The minimum absolute atomic E-state index is 0.0833. The third-order valence-electron chi connectivity index (χ3n) is 6.06. The predicted molar refractivity (Wildman–Crippen MR) is 122 cm³/mol. The Kier molecular flexibility index (Phi) is 6.32. The second kappa shape index (κ2) is 9.35. The minimum Gasteiger partial charge on any atom is -0.504 e. The van der Waals surface area contributed by atoms with Crippen LogP contribution in [0.2, 0.25) is 0 Å². The first-order valence-electron chi connectivity index (χ1n) is 10.7. The van der Waals surface area contributed by atoms with Gasteiger partial charge < -0.3 is 19.5 Å². The Hall–Kier alpha value is -4.20. The van der Waals surface area contributed by atoms with E-state index in [0.29, 0.717) is 22.4 Å². The Morgan fingerprint density at radius 3 is 2.53 bits per heavy atom. The fourth-order valence-electron chi connectivity index (χ4n) is 4.34. The molecule has 8 heteroatoms. The quantitative estimate of drug-likeness (QED) is 0.329. The van der Waals surface area contributed by atoms with Crippen molar-refractivity contribution in [3.8, 4) is 17.2 Å². The van der Waals surface area contributed by atoms with Crippen LogP contribution >= 0.6 is 0 Å². The van der Waals surface area contributed by atoms with E-state index in [1.165, 1.54) is 25.2 Å². The van der Waals surface area contributed by atoms with Crippen LogP contribution in [0.25, 0.3) is 0 Å². The molecule has 2 aromatic carbocycles. The number of phenols is 1. The zero-order valence-electron chi connectivity index (χ0n) is 19.1. The van der Waals surface area contributed by atoms with Gasteiger partial charge in [-0.25, -0.2) is 4.98 Å². The number of rotatable bonds is 7. The molecule has 1 fully saturated rings. The number of pyridine rings is 1. The van der Waals surface area contributed by atoms with E-state index >= 15 is 0 Å². The summed E-state index contributed by atoms with van der Waals surface area (Å²) in [4.78, 5) is 44.5. The van der Waals surface area contributed by atoms with E-state index in [1.807, 2.05) is 6.07 Å². The topological polar surface area (TPSA) is 107 Å². The van der Waals surface area contributed by atoms with Crippen LogP contribution in [0.5, 0.6) is 17.2 Å². The van der Waals surface area contributed by atoms with Crippen molar-refractivity contribution in [1.82, 2.24) is 4.90 Å². The molecular weight excluding hydrogens is 436 g/mol. The van der Waals surface area contributed by atoms with Gasteiger partial charge in [-0.3, -0.25) is 14.4 Å². The molecule has 8 nitrogen and oxygen atoms in total. The molecule has 0 aliphatic carbocycles. The molecule has 4 rings (SSSR count). The van der Waals surface area contributed by atoms with Crippen molar-refractivity contribution >= 4 is 17.5 Å². The Morgan fingerprint density at radius 1 is 1.09 bits per heavy atom. The minimum atomic E-state index is -1.25. The van der Waals surface area contributed by atoms with Crippen LogP contribution in [0.3, 0.4) is 0 Å². The number of carbonyl (C=O) groups is 3. The van der Waals surface area contributed by atoms with Crippen molar-refractivity contribution < 1.29 is 33.9 Å². The molecule has 2 N–H and O–H groups in total. The van der Waals surface area contributed by atoms with E-state index < -0.39 is 29.4 Å². The third kappa shape index (κ3) is 4.10. The number of aryl methyl sites for hydroxylation is 1. The van der Waals surface area contributed by atoms with Crippen molar-refractivity contribution in [2.75, 3.05) is 14.2 Å². The summed E-state index contributed by atoms with van der Waals surface area (Å²) in [6.07, 6.45) is 3.47. The Labute approximate surface area is 196 Å². The molecular formula is C26H25N2O6+. The maximum absolute atomic E-state index is 13.7. The van der Waals surface area contributed by atoms with E-state index in [2.05, 4.69) is 4.98 Å². The first kappa shape index (κ1) is 23.0. The molecule has 2 heterocycles. The fraction of sp³-hybridized carbons (Fsp3) is 0.231. The summed E-state index contributed by atoms with van der Waals surface area (Å²) in [7, 11) is 2.94. The SMILES string of the molecule is COc1ccc(C(=O)C2C(=O)C(=O)N(Cc3ccc[nH+]c3)C2c2ccc(O)c(OC)c2)c(C)c1. The molecule has 3 aromatic rings. The van der Waals surface area contributed by atoms with Crippen molar-refractivity contribution in [2.45, 2.75) is 19.5 Å². The molecule has 1 amide bonds. The second-order valence-electron chi connectivity index (χ2n) is 8.11. The zero-order valence-corrected chi connectivity index (χ0v) is 19.1. The highest BCUT2D eigenvalue weighted by molar-refractivity contribution is 6.44. The number of carbonyl (C=O) groups excluding carboxylic acids is 3. The van der Waals surface area contributed by atoms with Crippen LogP contribution in [0.15, 0.2) is 60.9 Å². The van der Waals surface area contributed by atoms with Gasteiger partial charge >= 0.3 is 0 Å². The molecule has 2 unspecified atom stereocenters. The predicted octanol–water partition coefficient (Wildman–Crippen LogP) is 2.68. The Bertz CT molecular complexity index is 1260. The lowest BCUT2D eigenvalue weighted by Gasteiger charge is -2.27. The van der Waals surface area contributed by atoms with Crippen LogP contribution in [0.1, 0.15) is 33.1 Å². The summed E-state index contributed by atoms with van der Waals surface area (Å²) in [6.45, 7) is 1.88. The molecule has 174 valence electrons. The van der Waals surface area contributed by atoms with E-state index in [9.17, 15) is 19.5 Å². The molecule has 1 aliphatic heterocycles. The third-order valence-corrected chi connectivity index (χ3v) is 6.06.